The van der Waals surface area contributed by atoms with Crippen LogP contribution in [0.5, 0.6) is 0 Å². The van der Waals surface area contributed by atoms with E-state index in [2.05, 4.69) is 133 Å². The van der Waals surface area contributed by atoms with Gasteiger partial charge in [0.25, 0.3) is 11.7 Å². The lowest BCUT2D eigenvalue weighted by atomic mass is 9.50. The topological polar surface area (TPSA) is 249 Å². The van der Waals surface area contributed by atoms with Crippen molar-refractivity contribution in [3.63, 3.8) is 0 Å². The van der Waals surface area contributed by atoms with Crippen LogP contribution in [0, 0.1) is 41.7 Å². The quantitative estimate of drug-likeness (QED) is 0.0796. The van der Waals surface area contributed by atoms with Gasteiger partial charge in [-0.25, -0.2) is 45.9 Å². The molecular formula is C67H98N19O4+. The fourth-order valence-corrected chi connectivity index (χ4v) is 16.5. The second-order valence-electron chi connectivity index (χ2n) is 28.2. The predicted molar refractivity (Wildman–Crippen MR) is 344 cm³/mol. The summed E-state index contributed by atoms with van der Waals surface area (Å²) in [5.41, 5.74) is 11.3. The summed E-state index contributed by atoms with van der Waals surface area (Å²) in [5.74, 6) is 4.04. The maximum atomic E-state index is 12.9. The summed E-state index contributed by atoms with van der Waals surface area (Å²) in [4.78, 5) is 46.6. The Balaban J connectivity index is 0.000000167. The normalized spacial score (nSPS) is 25.2. The van der Waals surface area contributed by atoms with Crippen LogP contribution >= 0.6 is 0 Å². The molecule has 23 nitrogen and oxygen atoms in total. The van der Waals surface area contributed by atoms with E-state index in [0.717, 1.165) is 90.6 Å². The number of carbonyl (C=O) groups excluding carboxylic acids is 2. The zero-order valence-electron chi connectivity index (χ0n) is 58.4. The first kappa shape index (κ1) is 66.7. The van der Waals surface area contributed by atoms with Crippen molar-refractivity contribution in [1.29, 1.82) is 0 Å². The minimum atomic E-state index is -0.592. The van der Waals surface area contributed by atoms with Crippen LogP contribution in [0.4, 0.5) is 0 Å². The average Bonchev–Trinajstić information content (AvgIpc) is 1.69. The molecular weight excluding hydrogens is 1130 g/mol. The van der Waals surface area contributed by atoms with Crippen LogP contribution in [-0.2, 0) is 78.1 Å². The molecule has 23 heteroatoms. The predicted octanol–water partition coefficient (Wildman–Crippen LogP) is 11.1. The van der Waals surface area contributed by atoms with Gasteiger partial charge in [0.1, 0.15) is 36.1 Å². The van der Waals surface area contributed by atoms with Gasteiger partial charge in [-0.3, -0.25) is 14.2 Å². The van der Waals surface area contributed by atoms with Gasteiger partial charge in [-0.1, -0.05) is 94.8 Å². The number of hydrogen-bond acceptors (Lipinski definition) is 14. The number of nitrogens with zero attached hydrogens (tertiary/aromatic N) is 17. The lowest BCUT2D eigenvalue weighted by Crippen LogP contribution is -2.56. The Morgan fingerprint density at radius 3 is 1.68 bits per heavy atom. The van der Waals surface area contributed by atoms with Crippen molar-refractivity contribution >= 4 is 11.6 Å². The molecule has 0 spiro atoms. The Labute approximate surface area is 532 Å². The number of H-pyrrole nitrogens is 1. The highest BCUT2D eigenvalue weighted by Gasteiger charge is 2.62. The molecule has 484 valence electrons. The van der Waals surface area contributed by atoms with E-state index in [1.165, 1.54) is 36.8 Å². The Morgan fingerprint density at radius 1 is 0.711 bits per heavy atom. The van der Waals surface area contributed by atoms with Gasteiger partial charge in [-0.15, -0.1) is 20.0 Å². The standard InChI is InChI=1S/2C21H28N6O.C21H26N6O.C2H6.CH5NO.CH4/c1-12(2)27-11-22-19(25-27)16-14-7-8-15-20(3,4)18-13(10-23-28-18)9-21(15,5)17(14)24-26(16)6;2*1-12(2)27-11-23-19(25-27)16-13-8-9-15-20(3,4)18(28)14(22-6)10-21(15,5)17(13)24-26(16)7;1-2;1-2-3;/h10-12,15H,7-9H2,1-6H3;11-12,14-15H,8-10H2,1-5,7H3;10-12,15H,8-9H2,1-5,7H3;1-2H3;2-3H,1H3;1H4/p+1/t15-,21-;14?,15-,21-;15-,21-;;;/m000.../s1/i;;;;;1T. The van der Waals surface area contributed by atoms with Crippen molar-refractivity contribution < 1.29 is 25.4 Å². The Morgan fingerprint density at radius 2 is 1.18 bits per heavy atom. The summed E-state index contributed by atoms with van der Waals surface area (Å²) < 4.78 is 22.9. The van der Waals surface area contributed by atoms with Crippen molar-refractivity contribution in [2.75, 3.05) is 7.05 Å². The molecule has 1 saturated carbocycles. The number of hydroxylamine groups is 1. The summed E-state index contributed by atoms with van der Waals surface area (Å²) in [5, 5.41) is 38.9. The van der Waals surface area contributed by atoms with E-state index < -0.39 is 22.3 Å². The van der Waals surface area contributed by atoms with Crippen LogP contribution in [0.2, 0.25) is 0 Å². The van der Waals surface area contributed by atoms with Crippen molar-refractivity contribution in [3.05, 3.63) is 105 Å². The van der Waals surface area contributed by atoms with Crippen molar-refractivity contribution in [3.8, 4) is 34.6 Å². The van der Waals surface area contributed by atoms with Gasteiger partial charge in [0.2, 0.25) is 17.3 Å². The van der Waals surface area contributed by atoms with Gasteiger partial charge in [0, 0.05) is 96.2 Å². The zero-order chi connectivity index (χ0) is 67.4. The Hall–Kier alpha value is -7.76. The number of nitrogens with one attached hydrogen (secondary N) is 2. The molecule has 6 aliphatic carbocycles. The number of allylic oxidation sites excluding steroid dienone is 2. The molecule has 3 N–H and O–H groups in total. The fraction of sp³-hybridized carbons (Fsp3) is 0.642. The van der Waals surface area contributed by atoms with Crippen LogP contribution in [0.3, 0.4) is 0 Å². The number of aromatic nitrogens is 16. The molecule has 7 aromatic rings. The first-order valence-electron chi connectivity index (χ1n) is 32.7. The van der Waals surface area contributed by atoms with Crippen LogP contribution in [-0.4, -0.2) is 104 Å². The minimum Gasteiger partial charge on any atom is -0.361 e. The Bertz CT molecular complexity index is 3920. The lowest BCUT2D eigenvalue weighted by molar-refractivity contribution is -0.717. The summed E-state index contributed by atoms with van der Waals surface area (Å²) in [6.07, 6.45) is 16.2. The van der Waals surface area contributed by atoms with E-state index in [-0.39, 0.29) is 57.4 Å². The van der Waals surface area contributed by atoms with Gasteiger partial charge < -0.3 is 19.4 Å². The van der Waals surface area contributed by atoms with Gasteiger partial charge in [-0.05, 0) is 104 Å². The van der Waals surface area contributed by atoms with E-state index in [1.807, 2.05) is 97.6 Å². The molecule has 0 radical (unpaired) electrons. The molecule has 7 atom stereocenters. The molecule has 1 fully saturated rings. The maximum absolute atomic E-state index is 12.9. The first-order chi connectivity index (χ1) is 42.9. The molecule has 13 rings (SSSR count). The molecule has 90 heavy (non-hydrogen) atoms. The smallest absolute Gasteiger partial charge is 0.282 e. The van der Waals surface area contributed by atoms with Crippen LogP contribution < -0.4 is 10.2 Å². The van der Waals surface area contributed by atoms with E-state index >= 15 is 0 Å². The molecule has 7 aromatic heterocycles. The number of hydrogen-bond donors (Lipinski definition) is 3. The van der Waals surface area contributed by atoms with Crippen LogP contribution in [0.25, 0.3) is 44.2 Å². The average molecular weight is 1240 g/mol. The summed E-state index contributed by atoms with van der Waals surface area (Å²) in [6.45, 7) is 50.9. The third kappa shape index (κ3) is 10.9. The van der Waals surface area contributed by atoms with Crippen molar-refractivity contribution in [1.82, 2.24) is 79.6 Å². The zero-order valence-corrected chi connectivity index (χ0v) is 57.4. The minimum absolute atomic E-state index is 0.00621. The lowest BCUT2D eigenvalue weighted by Gasteiger charge is -2.51. The second-order valence-corrected chi connectivity index (χ2v) is 28.2. The third-order valence-electron chi connectivity index (χ3n) is 20.7. The number of fused-ring (bicyclic) bond motifs is 10. The van der Waals surface area contributed by atoms with E-state index in [4.69, 9.17) is 39.5 Å². The number of aromatic amines is 1. The van der Waals surface area contributed by atoms with Gasteiger partial charge in [0.15, 0.2) is 24.5 Å². The first-order valence-corrected chi connectivity index (χ1v) is 31.7. The summed E-state index contributed by atoms with van der Waals surface area (Å²) >= 11 is 0. The van der Waals surface area contributed by atoms with Crippen LogP contribution in [0.15, 0.2) is 41.5 Å². The number of Topliss-reactive ketones (excluding diaryl/α,β-unsaturated/α-hetero) is 2. The summed E-state index contributed by atoms with van der Waals surface area (Å²) in [7, 11) is 8.61. The molecule has 7 heterocycles. The highest BCUT2D eigenvalue weighted by molar-refractivity contribution is 6.02. The number of ketones is 2. The molecule has 0 aromatic carbocycles. The van der Waals surface area contributed by atoms with E-state index in [0.29, 0.717) is 30.0 Å². The molecule has 0 amide bonds. The summed E-state index contributed by atoms with van der Waals surface area (Å²) in [6, 6.07) is 0.193. The molecule has 0 bridgehead atoms. The van der Waals surface area contributed by atoms with Crippen LogP contribution in [0.1, 0.15) is 215 Å². The van der Waals surface area contributed by atoms with E-state index in [1.54, 1.807) is 18.1 Å². The number of rotatable bonds is 6. The largest absolute Gasteiger partial charge is 0.361 e. The molecule has 6 aliphatic rings. The fourth-order valence-electron chi connectivity index (χ4n) is 16.5. The van der Waals surface area contributed by atoms with Gasteiger partial charge in [-0.2, -0.15) is 15.3 Å². The monoisotopic (exact) mass is 1230 g/mol. The third-order valence-corrected chi connectivity index (χ3v) is 20.7. The molecule has 0 saturated heterocycles. The van der Waals surface area contributed by atoms with Gasteiger partial charge >= 0.3 is 0 Å². The number of aryl methyl sites for hydroxylation is 3. The SMILES string of the molecule is CC.CC(C)n1cnc(-c2c3c([nH][n+]2C)[C@@]2(C)Cc4cnoc4C(C)(C)[C@@H]2CC3)n1.CNO.[3H]C.[C-]#[N+]C1=C[C@]2(C)c3nn(C)c(-c4ncn(C(C)C)n4)c3CC[C@H]2C(C)(C)C1=O.[C-]#[N+]C1C[C@]2(C)c3nn(C)c(-c4ncn(C(C)C)n4)c3CC[C@H]2C(C)(C)C1=O. The highest BCUT2D eigenvalue weighted by atomic mass is 16.5. The van der Waals surface area contributed by atoms with Crippen molar-refractivity contribution in [2.24, 2.45) is 49.7 Å². The van der Waals surface area contributed by atoms with E-state index in [9.17, 15) is 9.59 Å². The number of carbonyl (C=O) groups is 2. The molecule has 1 unspecified atom stereocenters. The Kier molecular flexibility index (Phi) is 18.4. The molecule has 0 aliphatic heterocycles. The van der Waals surface area contributed by atoms with Gasteiger partial charge in [0.05, 0.1) is 35.4 Å². The highest BCUT2D eigenvalue weighted by Crippen LogP contribution is 2.59. The second kappa shape index (κ2) is 24.8. The maximum Gasteiger partial charge on any atom is 0.282 e. The van der Waals surface area contributed by atoms with Crippen molar-refractivity contribution in [2.45, 2.75) is 222 Å².